The zero-order valence-electron chi connectivity index (χ0n) is 11.4. The number of pyridine rings is 1. The summed E-state index contributed by atoms with van der Waals surface area (Å²) in [6.07, 6.45) is 2.55. The maximum Gasteiger partial charge on any atom is 0.0479 e. The lowest BCUT2D eigenvalue weighted by atomic mass is 9.93. The summed E-state index contributed by atoms with van der Waals surface area (Å²) in [5, 5.41) is 10.6. The molecule has 3 aromatic rings. The number of aromatic nitrogens is 1. The van der Waals surface area contributed by atoms with Gasteiger partial charge in [0, 0.05) is 40.4 Å². The van der Waals surface area contributed by atoms with Crippen LogP contribution in [0.15, 0.2) is 48.7 Å². The average Bonchev–Trinajstić information content (AvgIpc) is 2.86. The third kappa shape index (κ3) is 2.35. The molecule has 2 aromatic heterocycles. The monoisotopic (exact) mass is 283 g/mol. The Balaban J connectivity index is 2.15. The van der Waals surface area contributed by atoms with Gasteiger partial charge < -0.3 is 5.11 Å². The molecule has 102 valence electrons. The Labute approximate surface area is 122 Å². The van der Waals surface area contributed by atoms with E-state index in [1.807, 2.05) is 18.3 Å². The Morgan fingerprint density at radius 2 is 1.95 bits per heavy atom. The van der Waals surface area contributed by atoms with Crippen molar-refractivity contribution in [2.75, 3.05) is 6.61 Å². The third-order valence-electron chi connectivity index (χ3n) is 3.61. The molecule has 3 rings (SSSR count). The highest BCUT2D eigenvalue weighted by Crippen LogP contribution is 2.38. The van der Waals surface area contributed by atoms with Gasteiger partial charge in [-0.2, -0.15) is 0 Å². The van der Waals surface area contributed by atoms with Crippen LogP contribution in [0.1, 0.15) is 29.0 Å². The number of aliphatic hydroxyl groups is 1. The molecule has 1 atom stereocenters. The van der Waals surface area contributed by atoms with Crippen LogP contribution in [0.2, 0.25) is 0 Å². The molecule has 0 saturated carbocycles. The van der Waals surface area contributed by atoms with Gasteiger partial charge in [-0.1, -0.05) is 31.2 Å². The molecular weight excluding hydrogens is 266 g/mol. The van der Waals surface area contributed by atoms with E-state index in [4.69, 9.17) is 0 Å². The minimum atomic E-state index is 0.189. The van der Waals surface area contributed by atoms with Gasteiger partial charge in [-0.05, 0) is 29.1 Å². The summed E-state index contributed by atoms with van der Waals surface area (Å²) >= 11 is 1.78. The SMILES string of the molecule is CC(c1ccccn1)c1c(CCO)sc2ccccc12. The molecule has 2 nitrogen and oxygen atoms in total. The van der Waals surface area contributed by atoms with E-state index in [1.54, 1.807) is 11.3 Å². The van der Waals surface area contributed by atoms with E-state index in [0.717, 1.165) is 5.69 Å². The van der Waals surface area contributed by atoms with E-state index < -0.39 is 0 Å². The van der Waals surface area contributed by atoms with Crippen LogP contribution in [0.4, 0.5) is 0 Å². The van der Waals surface area contributed by atoms with Crippen LogP contribution in [-0.4, -0.2) is 16.7 Å². The van der Waals surface area contributed by atoms with Crippen LogP contribution < -0.4 is 0 Å². The fourth-order valence-corrected chi connectivity index (χ4v) is 3.95. The highest BCUT2D eigenvalue weighted by Gasteiger charge is 2.19. The first-order valence-electron chi connectivity index (χ1n) is 6.83. The highest BCUT2D eigenvalue weighted by atomic mass is 32.1. The van der Waals surface area contributed by atoms with Gasteiger partial charge in [0.1, 0.15) is 0 Å². The maximum absolute atomic E-state index is 9.31. The fraction of sp³-hybridized carbons (Fsp3) is 0.235. The molecule has 2 heterocycles. The molecule has 3 heteroatoms. The van der Waals surface area contributed by atoms with Gasteiger partial charge in [0.25, 0.3) is 0 Å². The second kappa shape index (κ2) is 5.73. The van der Waals surface area contributed by atoms with Crippen LogP contribution in [0.5, 0.6) is 0 Å². The van der Waals surface area contributed by atoms with E-state index in [-0.39, 0.29) is 12.5 Å². The predicted octanol–water partition coefficient (Wildman–Crippen LogP) is 3.98. The molecule has 1 N–H and O–H groups in total. The molecule has 0 amide bonds. The minimum Gasteiger partial charge on any atom is -0.396 e. The number of hydrogen-bond donors (Lipinski definition) is 1. The molecule has 20 heavy (non-hydrogen) atoms. The van der Waals surface area contributed by atoms with Crippen LogP contribution in [0.3, 0.4) is 0 Å². The Bertz CT molecular complexity index is 705. The largest absolute Gasteiger partial charge is 0.396 e. The second-order valence-electron chi connectivity index (χ2n) is 4.88. The minimum absolute atomic E-state index is 0.189. The van der Waals surface area contributed by atoms with Crippen molar-refractivity contribution in [3.05, 3.63) is 64.8 Å². The van der Waals surface area contributed by atoms with Crippen molar-refractivity contribution in [1.82, 2.24) is 4.98 Å². The molecule has 0 spiro atoms. The standard InChI is InChI=1S/C17H17NOS/c1-12(14-7-4-5-10-18-14)17-13-6-2-3-8-15(13)20-16(17)9-11-19/h2-8,10,12,19H,9,11H2,1H3. The summed E-state index contributed by atoms with van der Waals surface area (Å²) in [5.74, 6) is 0.244. The lowest BCUT2D eigenvalue weighted by Crippen LogP contribution is -2.02. The normalized spacial score (nSPS) is 12.7. The van der Waals surface area contributed by atoms with Crippen LogP contribution in [0.25, 0.3) is 10.1 Å². The van der Waals surface area contributed by atoms with Crippen molar-refractivity contribution in [3.63, 3.8) is 0 Å². The first-order chi connectivity index (χ1) is 9.81. The first-order valence-corrected chi connectivity index (χ1v) is 7.65. The average molecular weight is 283 g/mol. The number of benzene rings is 1. The summed E-state index contributed by atoms with van der Waals surface area (Å²) in [6, 6.07) is 14.5. The quantitative estimate of drug-likeness (QED) is 0.785. The van der Waals surface area contributed by atoms with Gasteiger partial charge in [0.15, 0.2) is 0 Å². The van der Waals surface area contributed by atoms with Crippen molar-refractivity contribution in [2.45, 2.75) is 19.3 Å². The fourth-order valence-electron chi connectivity index (χ4n) is 2.66. The molecule has 0 saturated heterocycles. The lowest BCUT2D eigenvalue weighted by molar-refractivity contribution is 0.300. The Morgan fingerprint density at radius 1 is 1.15 bits per heavy atom. The number of thiophene rings is 1. The predicted molar refractivity (Wildman–Crippen MR) is 84.4 cm³/mol. The van der Waals surface area contributed by atoms with Crippen molar-refractivity contribution in [1.29, 1.82) is 0 Å². The summed E-state index contributed by atoms with van der Waals surface area (Å²) in [7, 11) is 0. The maximum atomic E-state index is 9.31. The van der Waals surface area contributed by atoms with Gasteiger partial charge in [0.05, 0.1) is 0 Å². The summed E-state index contributed by atoms with van der Waals surface area (Å²) < 4.78 is 1.29. The molecule has 0 fully saturated rings. The van der Waals surface area contributed by atoms with Crippen LogP contribution in [-0.2, 0) is 6.42 Å². The molecular formula is C17H17NOS. The van der Waals surface area contributed by atoms with Gasteiger partial charge >= 0.3 is 0 Å². The second-order valence-corrected chi connectivity index (χ2v) is 6.02. The number of hydrogen-bond acceptors (Lipinski definition) is 3. The van der Waals surface area contributed by atoms with Crippen molar-refractivity contribution in [2.24, 2.45) is 0 Å². The summed E-state index contributed by atoms with van der Waals surface area (Å²) in [6.45, 7) is 2.38. The highest BCUT2D eigenvalue weighted by molar-refractivity contribution is 7.19. The van der Waals surface area contributed by atoms with Crippen molar-refractivity contribution >= 4 is 21.4 Å². The molecule has 0 aliphatic rings. The zero-order valence-corrected chi connectivity index (χ0v) is 12.2. The molecule has 0 radical (unpaired) electrons. The van der Waals surface area contributed by atoms with E-state index in [9.17, 15) is 5.11 Å². The first kappa shape index (κ1) is 13.3. The third-order valence-corrected chi connectivity index (χ3v) is 4.86. The van der Waals surface area contributed by atoms with Crippen molar-refractivity contribution < 1.29 is 5.11 Å². The molecule has 0 aliphatic heterocycles. The topological polar surface area (TPSA) is 33.1 Å². The smallest absolute Gasteiger partial charge is 0.0479 e. The van der Waals surface area contributed by atoms with Gasteiger partial charge in [-0.25, -0.2) is 0 Å². The molecule has 1 aromatic carbocycles. The lowest BCUT2D eigenvalue weighted by Gasteiger charge is -2.13. The van der Waals surface area contributed by atoms with Crippen LogP contribution >= 0.6 is 11.3 Å². The molecule has 0 bridgehead atoms. The Morgan fingerprint density at radius 3 is 2.70 bits per heavy atom. The van der Waals surface area contributed by atoms with Gasteiger partial charge in [-0.3, -0.25) is 4.98 Å². The zero-order chi connectivity index (χ0) is 13.9. The van der Waals surface area contributed by atoms with Gasteiger partial charge in [0.2, 0.25) is 0 Å². The molecule has 1 unspecified atom stereocenters. The van der Waals surface area contributed by atoms with E-state index in [1.165, 1.54) is 20.5 Å². The van der Waals surface area contributed by atoms with Gasteiger partial charge in [-0.15, -0.1) is 11.3 Å². The molecule has 0 aliphatic carbocycles. The summed E-state index contributed by atoms with van der Waals surface area (Å²) in [4.78, 5) is 5.76. The number of rotatable bonds is 4. The number of nitrogens with zero attached hydrogens (tertiary/aromatic N) is 1. The Kier molecular flexibility index (Phi) is 3.81. The van der Waals surface area contributed by atoms with E-state index >= 15 is 0 Å². The van der Waals surface area contributed by atoms with E-state index in [2.05, 4.69) is 42.2 Å². The van der Waals surface area contributed by atoms with E-state index in [0.29, 0.717) is 6.42 Å². The Hall–Kier alpha value is -1.71. The number of fused-ring (bicyclic) bond motifs is 1. The number of aliphatic hydroxyl groups excluding tert-OH is 1. The summed E-state index contributed by atoms with van der Waals surface area (Å²) in [5.41, 5.74) is 2.40. The van der Waals surface area contributed by atoms with Crippen molar-refractivity contribution in [3.8, 4) is 0 Å². The van der Waals surface area contributed by atoms with Crippen LogP contribution in [0, 0.1) is 0 Å².